The van der Waals surface area contributed by atoms with Crippen LogP contribution in [0.1, 0.15) is 42.6 Å². The highest BCUT2D eigenvalue weighted by Gasteiger charge is 2.37. The SMILES string of the molecule is COc1cc(C(F)(F)F)cc(SC)c1C(=O)N[C@@]1(C)CC[C@H](C)N(C)C1. The van der Waals surface area contributed by atoms with Crippen molar-refractivity contribution in [3.63, 3.8) is 0 Å². The maximum atomic E-state index is 13.1. The maximum absolute atomic E-state index is 13.1. The lowest BCUT2D eigenvalue weighted by molar-refractivity contribution is -0.137. The van der Waals surface area contributed by atoms with Gasteiger partial charge in [0.2, 0.25) is 0 Å². The Hall–Kier alpha value is -1.41. The molecule has 0 aromatic heterocycles. The van der Waals surface area contributed by atoms with Gasteiger partial charge in [0, 0.05) is 17.5 Å². The van der Waals surface area contributed by atoms with Crippen LogP contribution >= 0.6 is 11.8 Å². The van der Waals surface area contributed by atoms with Crippen LogP contribution < -0.4 is 10.1 Å². The summed E-state index contributed by atoms with van der Waals surface area (Å²) in [6, 6.07) is 2.31. The molecule has 2 rings (SSSR count). The predicted octanol–water partition coefficient (Wildman–Crippen LogP) is 4.04. The van der Waals surface area contributed by atoms with Crippen LogP contribution in [-0.4, -0.2) is 49.3 Å². The molecule has 0 bridgehead atoms. The number of alkyl halides is 3. The molecule has 1 aliphatic heterocycles. The smallest absolute Gasteiger partial charge is 0.416 e. The molecular formula is C18H25F3N2O2S. The van der Waals surface area contributed by atoms with Gasteiger partial charge in [0.25, 0.3) is 5.91 Å². The molecule has 1 heterocycles. The van der Waals surface area contributed by atoms with Crippen LogP contribution in [0.5, 0.6) is 5.75 Å². The Bertz CT molecular complexity index is 656. The predicted molar refractivity (Wildman–Crippen MR) is 97.0 cm³/mol. The summed E-state index contributed by atoms with van der Waals surface area (Å²) in [5.74, 6) is -0.479. The maximum Gasteiger partial charge on any atom is 0.416 e. The average Bonchev–Trinajstić information content (AvgIpc) is 2.56. The van der Waals surface area contributed by atoms with Gasteiger partial charge in [-0.2, -0.15) is 13.2 Å². The van der Waals surface area contributed by atoms with E-state index in [4.69, 9.17) is 4.74 Å². The number of carbonyl (C=O) groups excluding carboxylic acids is 1. The van der Waals surface area contributed by atoms with E-state index < -0.39 is 23.2 Å². The van der Waals surface area contributed by atoms with Crippen molar-refractivity contribution in [2.45, 2.75) is 49.3 Å². The van der Waals surface area contributed by atoms with Crippen LogP contribution in [0.2, 0.25) is 0 Å². The fourth-order valence-corrected chi connectivity index (χ4v) is 3.91. The Morgan fingerprint density at radius 1 is 1.42 bits per heavy atom. The van der Waals surface area contributed by atoms with Gasteiger partial charge in [-0.15, -0.1) is 11.8 Å². The van der Waals surface area contributed by atoms with Crippen LogP contribution in [0.3, 0.4) is 0 Å². The first kappa shape index (κ1) is 20.9. The van der Waals surface area contributed by atoms with Crippen molar-refractivity contribution in [1.82, 2.24) is 10.2 Å². The number of benzene rings is 1. The van der Waals surface area contributed by atoms with Crippen molar-refractivity contribution in [3.05, 3.63) is 23.3 Å². The van der Waals surface area contributed by atoms with E-state index in [2.05, 4.69) is 17.1 Å². The molecule has 0 saturated carbocycles. The largest absolute Gasteiger partial charge is 0.496 e. The van der Waals surface area contributed by atoms with Crippen molar-refractivity contribution < 1.29 is 22.7 Å². The first-order valence-electron chi connectivity index (χ1n) is 8.36. The summed E-state index contributed by atoms with van der Waals surface area (Å²) in [6.07, 6.45) is -1.11. The highest BCUT2D eigenvalue weighted by atomic mass is 32.2. The molecule has 1 amide bonds. The number of likely N-dealkylation sites (tertiary alicyclic amines) is 1. The third-order valence-electron chi connectivity index (χ3n) is 4.94. The van der Waals surface area contributed by atoms with Gasteiger partial charge in [0.15, 0.2) is 0 Å². The van der Waals surface area contributed by atoms with Crippen molar-refractivity contribution in [3.8, 4) is 5.75 Å². The minimum absolute atomic E-state index is 0.0668. The van der Waals surface area contributed by atoms with E-state index in [9.17, 15) is 18.0 Å². The van der Waals surface area contributed by atoms with Crippen LogP contribution in [0.15, 0.2) is 17.0 Å². The highest BCUT2D eigenvalue weighted by Crippen LogP contribution is 2.38. The third-order valence-corrected chi connectivity index (χ3v) is 5.70. The van der Waals surface area contributed by atoms with Crippen LogP contribution in [0.4, 0.5) is 13.2 Å². The van der Waals surface area contributed by atoms with Gasteiger partial charge in [0.05, 0.1) is 23.8 Å². The molecule has 4 nitrogen and oxygen atoms in total. The number of likely N-dealkylation sites (N-methyl/N-ethyl adjacent to an activating group) is 1. The number of thioether (sulfide) groups is 1. The van der Waals surface area contributed by atoms with E-state index in [0.717, 1.165) is 36.7 Å². The van der Waals surface area contributed by atoms with E-state index in [0.29, 0.717) is 12.6 Å². The number of methoxy groups -OCH3 is 1. The molecule has 8 heteroatoms. The second-order valence-electron chi connectivity index (χ2n) is 7.07. The fourth-order valence-electron chi connectivity index (χ4n) is 3.27. The summed E-state index contributed by atoms with van der Waals surface area (Å²) < 4.78 is 44.4. The normalized spacial score (nSPS) is 24.4. The van der Waals surface area contributed by atoms with Crippen LogP contribution in [0, 0.1) is 0 Å². The highest BCUT2D eigenvalue weighted by molar-refractivity contribution is 7.98. The molecule has 1 fully saturated rings. The number of carbonyl (C=O) groups is 1. The second kappa shape index (κ2) is 7.68. The topological polar surface area (TPSA) is 41.6 Å². The Morgan fingerprint density at radius 2 is 2.08 bits per heavy atom. The third kappa shape index (κ3) is 4.46. The molecule has 2 atom stereocenters. The molecule has 0 unspecified atom stereocenters. The number of amides is 1. The van der Waals surface area contributed by atoms with Crippen LogP contribution in [-0.2, 0) is 6.18 Å². The molecule has 0 spiro atoms. The number of piperidine rings is 1. The standard InChI is InChI=1S/C18H25F3N2O2S/c1-11-6-7-17(2,10-23(11)3)22-16(24)15-13(25-4)8-12(18(19,20)21)9-14(15)26-5/h8-9,11H,6-7,10H2,1-5H3,(H,22,24)/t11-,17-/m0/s1. The van der Waals surface area contributed by atoms with Gasteiger partial charge in [-0.1, -0.05) is 0 Å². The van der Waals surface area contributed by atoms with Crippen molar-refractivity contribution in [2.24, 2.45) is 0 Å². The molecule has 146 valence electrons. The van der Waals surface area contributed by atoms with Gasteiger partial charge in [0.1, 0.15) is 5.75 Å². The van der Waals surface area contributed by atoms with Gasteiger partial charge in [-0.05, 0) is 52.1 Å². The van der Waals surface area contributed by atoms with Crippen molar-refractivity contribution in [2.75, 3.05) is 27.0 Å². The van der Waals surface area contributed by atoms with Gasteiger partial charge < -0.3 is 15.0 Å². The first-order chi connectivity index (χ1) is 12.0. The number of ether oxygens (including phenoxy) is 1. The molecule has 26 heavy (non-hydrogen) atoms. The quantitative estimate of drug-likeness (QED) is 0.788. The Morgan fingerprint density at radius 3 is 2.58 bits per heavy atom. The number of hydrogen-bond acceptors (Lipinski definition) is 4. The summed E-state index contributed by atoms with van der Waals surface area (Å²) in [7, 11) is 3.27. The lowest BCUT2D eigenvalue weighted by Crippen LogP contribution is -2.58. The Kier molecular flexibility index (Phi) is 6.17. The van der Waals surface area contributed by atoms with Crippen LogP contribution in [0.25, 0.3) is 0 Å². The molecule has 1 aliphatic rings. The number of halogens is 3. The molecule has 0 aliphatic carbocycles. The van der Waals surface area contributed by atoms with Gasteiger partial charge >= 0.3 is 6.18 Å². The Labute approximate surface area is 156 Å². The monoisotopic (exact) mass is 390 g/mol. The summed E-state index contributed by atoms with van der Waals surface area (Å²) in [5, 5.41) is 3.01. The summed E-state index contributed by atoms with van der Waals surface area (Å²) in [4.78, 5) is 15.3. The molecule has 1 aromatic rings. The van der Waals surface area contributed by atoms with Gasteiger partial charge in [-0.3, -0.25) is 4.79 Å². The number of nitrogens with zero attached hydrogens (tertiary/aromatic N) is 1. The summed E-state index contributed by atoms with van der Waals surface area (Å²) >= 11 is 1.09. The second-order valence-corrected chi connectivity index (χ2v) is 7.92. The molecule has 1 aromatic carbocycles. The summed E-state index contributed by atoms with van der Waals surface area (Å²) in [6.45, 7) is 4.77. The molecule has 1 saturated heterocycles. The zero-order valence-electron chi connectivity index (χ0n) is 15.7. The lowest BCUT2D eigenvalue weighted by atomic mass is 9.87. The van der Waals surface area contributed by atoms with E-state index >= 15 is 0 Å². The minimum atomic E-state index is -4.50. The average molecular weight is 390 g/mol. The molecule has 1 N–H and O–H groups in total. The van der Waals surface area contributed by atoms with E-state index in [1.165, 1.54) is 7.11 Å². The van der Waals surface area contributed by atoms with E-state index in [1.54, 1.807) is 6.26 Å². The molecular weight excluding hydrogens is 365 g/mol. The molecule has 0 radical (unpaired) electrons. The van der Waals surface area contributed by atoms with E-state index in [-0.39, 0.29) is 16.2 Å². The van der Waals surface area contributed by atoms with E-state index in [1.807, 2.05) is 14.0 Å². The van der Waals surface area contributed by atoms with Crippen molar-refractivity contribution >= 4 is 17.7 Å². The summed E-state index contributed by atoms with van der Waals surface area (Å²) in [5.41, 5.74) is -1.12. The fraction of sp³-hybridized carbons (Fsp3) is 0.611. The zero-order chi connectivity index (χ0) is 19.7. The van der Waals surface area contributed by atoms with Crippen molar-refractivity contribution in [1.29, 1.82) is 0 Å². The first-order valence-corrected chi connectivity index (χ1v) is 9.59. The minimum Gasteiger partial charge on any atom is -0.496 e. The van der Waals surface area contributed by atoms with Gasteiger partial charge in [-0.25, -0.2) is 0 Å². The zero-order valence-corrected chi connectivity index (χ0v) is 16.5. The number of rotatable bonds is 4. The number of hydrogen-bond donors (Lipinski definition) is 1. The number of nitrogens with one attached hydrogen (secondary N) is 1. The Balaban J connectivity index is 2.36. The lowest BCUT2D eigenvalue weighted by Gasteiger charge is -2.43.